The van der Waals surface area contributed by atoms with Crippen molar-refractivity contribution < 1.29 is 36.9 Å². The average Bonchev–Trinajstić information content (AvgIpc) is 3.37. The first-order valence-corrected chi connectivity index (χ1v) is 8.49. The Morgan fingerprint density at radius 3 is 2.44 bits per heavy atom. The van der Waals surface area contributed by atoms with Gasteiger partial charge in [0, 0.05) is 19.1 Å². The number of rotatable bonds is 6. The van der Waals surface area contributed by atoms with Crippen LogP contribution in [0.4, 0.5) is 13.2 Å². The highest BCUT2D eigenvalue weighted by atomic mass is 19.4. The molecule has 5 atom stereocenters. The van der Waals surface area contributed by atoms with Gasteiger partial charge in [-0.3, -0.25) is 4.79 Å². The predicted octanol–water partition coefficient (Wildman–Crippen LogP) is 2.51. The molecule has 2 saturated heterocycles. The molecule has 5 nitrogen and oxygen atoms in total. The first-order valence-electron chi connectivity index (χ1n) is 8.49. The minimum Gasteiger partial charge on any atom is -0.373 e. The van der Waals surface area contributed by atoms with E-state index in [0.29, 0.717) is 19.4 Å². The van der Waals surface area contributed by atoms with Crippen molar-refractivity contribution in [3.8, 4) is 0 Å². The number of hydrogen-bond acceptors (Lipinski definition) is 5. The van der Waals surface area contributed by atoms with Crippen molar-refractivity contribution in [2.45, 2.75) is 63.2 Å². The van der Waals surface area contributed by atoms with Gasteiger partial charge in [-0.05, 0) is 19.8 Å². The van der Waals surface area contributed by atoms with Crippen LogP contribution in [0.1, 0.15) is 33.6 Å². The third kappa shape index (κ3) is 3.46. The van der Waals surface area contributed by atoms with Crippen LogP contribution >= 0.6 is 0 Å². The summed E-state index contributed by atoms with van der Waals surface area (Å²) in [6.45, 7) is 4.90. The van der Waals surface area contributed by atoms with Crippen molar-refractivity contribution in [3.63, 3.8) is 0 Å². The predicted molar refractivity (Wildman–Crippen MR) is 81.1 cm³/mol. The lowest BCUT2D eigenvalue weighted by molar-refractivity contribution is -0.174. The molecule has 1 saturated carbocycles. The Morgan fingerprint density at radius 2 is 1.92 bits per heavy atom. The van der Waals surface area contributed by atoms with Gasteiger partial charge >= 0.3 is 6.18 Å². The van der Waals surface area contributed by atoms with Gasteiger partial charge in [0.05, 0.1) is 18.6 Å². The maximum absolute atomic E-state index is 12.8. The Morgan fingerprint density at radius 1 is 1.28 bits per heavy atom. The second-order valence-electron chi connectivity index (χ2n) is 8.16. The number of alkyl halides is 3. The lowest BCUT2D eigenvalue weighted by Gasteiger charge is -2.44. The second kappa shape index (κ2) is 5.90. The molecule has 8 heteroatoms. The molecule has 5 unspecified atom stereocenters. The van der Waals surface area contributed by atoms with Crippen LogP contribution in [0.15, 0.2) is 0 Å². The SMILES string of the molecule is COC1C(=O)C(C)(C)CC2(CO2)C1C1(C)OC1CCOCC(F)(F)F. The molecule has 0 aromatic carbocycles. The number of ketones is 1. The topological polar surface area (TPSA) is 60.6 Å². The van der Waals surface area contributed by atoms with Crippen molar-refractivity contribution in [2.75, 3.05) is 26.9 Å². The van der Waals surface area contributed by atoms with Crippen molar-refractivity contribution in [3.05, 3.63) is 0 Å². The molecule has 2 aliphatic heterocycles. The van der Waals surface area contributed by atoms with Crippen molar-refractivity contribution in [1.29, 1.82) is 0 Å². The number of Topliss-reactive ketones (excluding diaryl/α,β-unsaturated/α-hetero) is 1. The van der Waals surface area contributed by atoms with Gasteiger partial charge in [0.15, 0.2) is 5.78 Å². The Hall–Kier alpha value is -0.700. The Labute approximate surface area is 145 Å². The van der Waals surface area contributed by atoms with Gasteiger partial charge in [0.2, 0.25) is 0 Å². The molecule has 0 aromatic rings. The van der Waals surface area contributed by atoms with E-state index in [0.717, 1.165) is 0 Å². The van der Waals surface area contributed by atoms with Crippen molar-refractivity contribution in [2.24, 2.45) is 11.3 Å². The van der Waals surface area contributed by atoms with Gasteiger partial charge in [0.1, 0.15) is 23.9 Å². The smallest absolute Gasteiger partial charge is 0.373 e. The molecule has 3 fully saturated rings. The summed E-state index contributed by atoms with van der Waals surface area (Å²) in [5, 5.41) is 0. The highest BCUT2D eigenvalue weighted by molar-refractivity contribution is 5.90. The highest BCUT2D eigenvalue weighted by Crippen LogP contribution is 2.61. The van der Waals surface area contributed by atoms with Crippen LogP contribution in [0, 0.1) is 11.3 Å². The van der Waals surface area contributed by atoms with Crippen LogP contribution < -0.4 is 0 Å². The van der Waals surface area contributed by atoms with E-state index in [2.05, 4.69) is 4.74 Å². The minimum atomic E-state index is -4.33. The molecule has 0 radical (unpaired) electrons. The molecular formula is C17H25F3O5. The van der Waals surface area contributed by atoms with Crippen LogP contribution in [-0.2, 0) is 23.7 Å². The molecule has 2 heterocycles. The van der Waals surface area contributed by atoms with Gasteiger partial charge in [-0.1, -0.05) is 13.8 Å². The summed E-state index contributed by atoms with van der Waals surface area (Å²) < 4.78 is 58.2. The van der Waals surface area contributed by atoms with E-state index in [-0.39, 0.29) is 24.4 Å². The van der Waals surface area contributed by atoms with Gasteiger partial charge in [-0.15, -0.1) is 0 Å². The standard InChI is InChI=1S/C17H25F3O5/c1-14(2)7-16(8-24-16)12(11(22-4)13(14)21)15(3)10(25-15)5-6-23-9-17(18,19)20/h10-12H,5-9H2,1-4H3. The maximum atomic E-state index is 12.8. The van der Waals surface area contributed by atoms with E-state index >= 15 is 0 Å². The zero-order chi connectivity index (χ0) is 18.7. The number of epoxide rings is 2. The minimum absolute atomic E-state index is 0.0184. The van der Waals surface area contributed by atoms with Crippen LogP contribution in [0.5, 0.6) is 0 Å². The first-order chi connectivity index (χ1) is 11.5. The van der Waals surface area contributed by atoms with E-state index in [1.54, 1.807) is 0 Å². The second-order valence-corrected chi connectivity index (χ2v) is 8.16. The van der Waals surface area contributed by atoms with E-state index < -0.39 is 35.5 Å². The molecular weight excluding hydrogens is 341 g/mol. The van der Waals surface area contributed by atoms with Crippen molar-refractivity contribution in [1.82, 2.24) is 0 Å². The quantitative estimate of drug-likeness (QED) is 0.534. The van der Waals surface area contributed by atoms with Crippen LogP contribution in [-0.4, -0.2) is 62.3 Å². The zero-order valence-electron chi connectivity index (χ0n) is 14.9. The van der Waals surface area contributed by atoms with Crippen LogP contribution in [0.2, 0.25) is 0 Å². The molecule has 1 spiro atoms. The van der Waals surface area contributed by atoms with E-state index in [9.17, 15) is 18.0 Å². The maximum Gasteiger partial charge on any atom is 0.411 e. The fraction of sp³-hybridized carbons (Fsp3) is 0.941. The molecule has 144 valence electrons. The zero-order valence-corrected chi connectivity index (χ0v) is 14.9. The fourth-order valence-corrected chi connectivity index (χ4v) is 4.47. The monoisotopic (exact) mass is 366 g/mol. The van der Waals surface area contributed by atoms with Crippen LogP contribution in [0.25, 0.3) is 0 Å². The molecule has 0 N–H and O–H groups in total. The summed E-state index contributed by atoms with van der Waals surface area (Å²) in [6.07, 6.45) is -4.30. The Balaban J connectivity index is 1.65. The number of carbonyl (C=O) groups excluding carboxylic acids is 1. The summed E-state index contributed by atoms with van der Waals surface area (Å²) in [4.78, 5) is 12.8. The molecule has 0 amide bonds. The number of methoxy groups -OCH3 is 1. The fourth-order valence-electron chi connectivity index (χ4n) is 4.47. The molecule has 3 aliphatic rings. The highest BCUT2D eigenvalue weighted by Gasteiger charge is 2.74. The van der Waals surface area contributed by atoms with Gasteiger partial charge in [-0.2, -0.15) is 13.2 Å². The summed E-state index contributed by atoms with van der Waals surface area (Å²) in [5.41, 5.74) is -1.64. The van der Waals surface area contributed by atoms with Gasteiger partial charge in [0.25, 0.3) is 0 Å². The number of hydrogen-bond donors (Lipinski definition) is 0. The number of ether oxygens (including phenoxy) is 4. The van der Waals surface area contributed by atoms with Gasteiger partial charge in [-0.25, -0.2) is 0 Å². The lowest BCUT2D eigenvalue weighted by atomic mass is 9.60. The van der Waals surface area contributed by atoms with E-state index in [4.69, 9.17) is 14.2 Å². The normalized spacial score (nSPS) is 42.7. The summed E-state index contributed by atoms with van der Waals surface area (Å²) in [5.74, 6) is -0.247. The van der Waals surface area contributed by atoms with Gasteiger partial charge < -0.3 is 18.9 Å². The summed E-state index contributed by atoms with van der Waals surface area (Å²) in [7, 11) is 1.50. The molecule has 0 bridgehead atoms. The number of carbonyl (C=O) groups is 1. The largest absolute Gasteiger partial charge is 0.411 e. The van der Waals surface area contributed by atoms with Crippen LogP contribution in [0.3, 0.4) is 0 Å². The Bertz CT molecular complexity index is 543. The Kier molecular flexibility index (Phi) is 4.50. The van der Waals surface area contributed by atoms with E-state index in [1.807, 2.05) is 20.8 Å². The van der Waals surface area contributed by atoms with Crippen molar-refractivity contribution >= 4 is 5.78 Å². The molecule has 0 aromatic heterocycles. The molecule has 25 heavy (non-hydrogen) atoms. The lowest BCUT2D eigenvalue weighted by Crippen LogP contribution is -2.58. The van der Waals surface area contributed by atoms with E-state index in [1.165, 1.54) is 7.11 Å². The number of halogens is 3. The third-order valence-corrected chi connectivity index (χ3v) is 5.69. The summed E-state index contributed by atoms with van der Waals surface area (Å²) >= 11 is 0. The molecule has 3 rings (SSSR count). The average molecular weight is 366 g/mol. The summed E-state index contributed by atoms with van der Waals surface area (Å²) in [6, 6.07) is 0. The first kappa shape index (κ1) is 19.1. The molecule has 1 aliphatic carbocycles. The third-order valence-electron chi connectivity index (χ3n) is 5.69.